The molecule has 0 aliphatic carbocycles. The maximum absolute atomic E-state index is 11.2. The highest BCUT2D eigenvalue weighted by atomic mass is 16.3. The topological polar surface area (TPSA) is 92.0 Å². The fourth-order valence-electron chi connectivity index (χ4n) is 1.54. The lowest BCUT2D eigenvalue weighted by atomic mass is 10.1. The number of nitrogens with one attached hydrogen (secondary N) is 1. The number of hydrogen-bond donors (Lipinski definition) is 3. The first-order valence-corrected chi connectivity index (χ1v) is 4.62. The van der Waals surface area contributed by atoms with E-state index >= 15 is 0 Å². The summed E-state index contributed by atoms with van der Waals surface area (Å²) in [6.45, 7) is 0.435. The molecule has 5 heteroatoms. The lowest BCUT2D eigenvalue weighted by Gasteiger charge is -2.04. The number of hydrogen-bond acceptors (Lipinski definition) is 4. The highest BCUT2D eigenvalue weighted by molar-refractivity contribution is 5.82. The fourth-order valence-corrected chi connectivity index (χ4v) is 1.54. The highest BCUT2D eigenvalue weighted by Gasteiger charge is 2.04. The third-order valence-electron chi connectivity index (χ3n) is 2.18. The Morgan fingerprint density at radius 2 is 2.27 bits per heavy atom. The van der Waals surface area contributed by atoms with Gasteiger partial charge in [-0.25, -0.2) is 4.79 Å². The molecule has 0 spiro atoms. The van der Waals surface area contributed by atoms with Crippen molar-refractivity contribution in [1.82, 2.24) is 9.97 Å². The SMILES string of the molecule is NCCc1[nH]c(=O)nc2ccc(O)cc12. The normalized spacial score (nSPS) is 10.7. The van der Waals surface area contributed by atoms with Gasteiger partial charge in [-0.15, -0.1) is 0 Å². The van der Waals surface area contributed by atoms with Crippen LogP contribution in [0.25, 0.3) is 10.9 Å². The molecule has 0 unspecified atom stereocenters. The molecule has 0 bridgehead atoms. The van der Waals surface area contributed by atoms with E-state index in [0.29, 0.717) is 24.2 Å². The summed E-state index contributed by atoms with van der Waals surface area (Å²) in [6.07, 6.45) is 0.553. The molecule has 1 aromatic heterocycles. The summed E-state index contributed by atoms with van der Waals surface area (Å²) in [5, 5.41) is 10.1. The number of phenols is 1. The van der Waals surface area contributed by atoms with Gasteiger partial charge >= 0.3 is 5.69 Å². The number of nitrogens with zero attached hydrogens (tertiary/aromatic N) is 1. The van der Waals surface area contributed by atoms with Gasteiger partial charge in [-0.1, -0.05) is 0 Å². The Hall–Kier alpha value is -1.88. The minimum atomic E-state index is -0.392. The minimum Gasteiger partial charge on any atom is -0.508 e. The number of fused-ring (bicyclic) bond motifs is 1. The van der Waals surface area contributed by atoms with Gasteiger partial charge < -0.3 is 15.8 Å². The first-order chi connectivity index (χ1) is 7.20. The van der Waals surface area contributed by atoms with Crippen molar-refractivity contribution in [3.8, 4) is 5.75 Å². The summed E-state index contributed by atoms with van der Waals surface area (Å²) in [7, 11) is 0. The Morgan fingerprint density at radius 3 is 3.00 bits per heavy atom. The van der Waals surface area contributed by atoms with Gasteiger partial charge in [-0.3, -0.25) is 0 Å². The van der Waals surface area contributed by atoms with Crippen molar-refractivity contribution in [3.63, 3.8) is 0 Å². The van der Waals surface area contributed by atoms with E-state index in [-0.39, 0.29) is 5.75 Å². The minimum absolute atomic E-state index is 0.148. The molecule has 0 saturated carbocycles. The quantitative estimate of drug-likeness (QED) is 0.649. The monoisotopic (exact) mass is 205 g/mol. The Balaban J connectivity index is 2.75. The van der Waals surface area contributed by atoms with Gasteiger partial charge in [0.1, 0.15) is 5.75 Å². The molecule has 0 saturated heterocycles. The zero-order valence-corrected chi connectivity index (χ0v) is 8.03. The number of H-pyrrole nitrogens is 1. The zero-order chi connectivity index (χ0) is 10.8. The summed E-state index contributed by atoms with van der Waals surface area (Å²) in [6, 6.07) is 4.68. The Labute approximate surface area is 85.6 Å². The van der Waals surface area contributed by atoms with Crippen molar-refractivity contribution in [2.45, 2.75) is 6.42 Å². The van der Waals surface area contributed by atoms with Crippen molar-refractivity contribution in [3.05, 3.63) is 34.4 Å². The van der Waals surface area contributed by atoms with Crippen LogP contribution in [-0.4, -0.2) is 21.6 Å². The second kappa shape index (κ2) is 3.70. The largest absolute Gasteiger partial charge is 0.508 e. The number of benzene rings is 1. The van der Waals surface area contributed by atoms with Crippen LogP contribution in [-0.2, 0) is 6.42 Å². The Bertz CT molecular complexity index is 548. The molecule has 5 nitrogen and oxygen atoms in total. The van der Waals surface area contributed by atoms with Crippen molar-refractivity contribution >= 4 is 10.9 Å². The molecule has 1 aromatic carbocycles. The number of nitrogens with two attached hydrogens (primary N) is 1. The van der Waals surface area contributed by atoms with Crippen LogP contribution < -0.4 is 11.4 Å². The van der Waals surface area contributed by atoms with Gasteiger partial charge in [0, 0.05) is 17.5 Å². The van der Waals surface area contributed by atoms with E-state index in [1.54, 1.807) is 12.1 Å². The number of rotatable bonds is 2. The molecular formula is C10H11N3O2. The van der Waals surface area contributed by atoms with Crippen LogP contribution in [0.4, 0.5) is 0 Å². The third-order valence-corrected chi connectivity index (χ3v) is 2.18. The van der Waals surface area contributed by atoms with Gasteiger partial charge in [0.05, 0.1) is 5.52 Å². The molecule has 15 heavy (non-hydrogen) atoms. The van der Waals surface area contributed by atoms with E-state index < -0.39 is 5.69 Å². The Kier molecular flexibility index (Phi) is 2.39. The van der Waals surface area contributed by atoms with E-state index in [0.717, 1.165) is 5.39 Å². The van der Waals surface area contributed by atoms with E-state index in [1.807, 2.05) is 0 Å². The second-order valence-electron chi connectivity index (χ2n) is 3.26. The molecular weight excluding hydrogens is 194 g/mol. The molecule has 0 aliphatic heterocycles. The third kappa shape index (κ3) is 1.82. The first kappa shape index (κ1) is 9.67. The number of aromatic nitrogens is 2. The summed E-state index contributed by atoms with van der Waals surface area (Å²) in [4.78, 5) is 17.6. The van der Waals surface area contributed by atoms with Gasteiger partial charge in [-0.05, 0) is 24.7 Å². The van der Waals surface area contributed by atoms with Gasteiger partial charge in [0.15, 0.2) is 0 Å². The Morgan fingerprint density at radius 1 is 1.47 bits per heavy atom. The first-order valence-electron chi connectivity index (χ1n) is 4.62. The lowest BCUT2D eigenvalue weighted by Crippen LogP contribution is -2.15. The molecule has 2 aromatic rings. The van der Waals surface area contributed by atoms with Crippen molar-refractivity contribution in [2.75, 3.05) is 6.54 Å². The number of aromatic amines is 1. The predicted octanol–water partition coefficient (Wildman–Crippen LogP) is 0.130. The van der Waals surface area contributed by atoms with Crippen molar-refractivity contribution in [2.24, 2.45) is 5.73 Å². The van der Waals surface area contributed by atoms with E-state index in [4.69, 9.17) is 5.73 Å². The molecule has 0 fully saturated rings. The van der Waals surface area contributed by atoms with Gasteiger partial charge in [0.25, 0.3) is 0 Å². The van der Waals surface area contributed by atoms with Crippen LogP contribution >= 0.6 is 0 Å². The number of aromatic hydroxyl groups is 1. The average Bonchev–Trinajstić information content (AvgIpc) is 2.19. The molecule has 0 amide bonds. The van der Waals surface area contributed by atoms with Gasteiger partial charge in [0.2, 0.25) is 0 Å². The van der Waals surface area contributed by atoms with Crippen LogP contribution in [0.1, 0.15) is 5.69 Å². The summed E-state index contributed by atoms with van der Waals surface area (Å²) in [5.41, 5.74) is 6.32. The fraction of sp³-hybridized carbons (Fsp3) is 0.200. The van der Waals surface area contributed by atoms with Crippen LogP contribution in [0.5, 0.6) is 5.75 Å². The molecule has 78 valence electrons. The molecule has 4 N–H and O–H groups in total. The van der Waals surface area contributed by atoms with Crippen LogP contribution in [0, 0.1) is 0 Å². The number of phenolic OH excluding ortho intramolecular Hbond substituents is 1. The van der Waals surface area contributed by atoms with Crippen LogP contribution in [0.2, 0.25) is 0 Å². The van der Waals surface area contributed by atoms with Crippen molar-refractivity contribution < 1.29 is 5.11 Å². The summed E-state index contributed by atoms with van der Waals surface area (Å²) in [5.74, 6) is 0.148. The van der Waals surface area contributed by atoms with E-state index in [2.05, 4.69) is 9.97 Å². The molecule has 0 aliphatic rings. The molecule has 0 atom stereocenters. The lowest BCUT2D eigenvalue weighted by molar-refractivity contribution is 0.476. The van der Waals surface area contributed by atoms with Crippen molar-refractivity contribution in [1.29, 1.82) is 0 Å². The summed E-state index contributed by atoms with van der Waals surface area (Å²) >= 11 is 0. The molecule has 2 rings (SSSR count). The average molecular weight is 205 g/mol. The van der Waals surface area contributed by atoms with E-state index in [9.17, 15) is 9.90 Å². The van der Waals surface area contributed by atoms with Crippen LogP contribution in [0.15, 0.2) is 23.0 Å². The molecule has 1 heterocycles. The smallest absolute Gasteiger partial charge is 0.345 e. The zero-order valence-electron chi connectivity index (χ0n) is 8.03. The van der Waals surface area contributed by atoms with Crippen LogP contribution in [0.3, 0.4) is 0 Å². The van der Waals surface area contributed by atoms with Gasteiger partial charge in [-0.2, -0.15) is 4.98 Å². The maximum Gasteiger partial charge on any atom is 0.345 e. The maximum atomic E-state index is 11.2. The highest BCUT2D eigenvalue weighted by Crippen LogP contribution is 2.19. The second-order valence-corrected chi connectivity index (χ2v) is 3.26. The van der Waals surface area contributed by atoms with E-state index in [1.165, 1.54) is 6.07 Å². The molecule has 0 radical (unpaired) electrons. The predicted molar refractivity (Wildman–Crippen MR) is 56.8 cm³/mol. The summed E-state index contributed by atoms with van der Waals surface area (Å²) < 4.78 is 0. The standard InChI is InChI=1S/C10H11N3O2/c11-4-3-9-7-5-6(14)1-2-8(7)12-10(15)13-9/h1-2,5,14H,3-4,11H2,(H,12,13,15).